The summed E-state index contributed by atoms with van der Waals surface area (Å²) in [6.07, 6.45) is 9.78. The number of nitrogens with zero attached hydrogens (tertiary/aromatic N) is 1. The summed E-state index contributed by atoms with van der Waals surface area (Å²) in [6.45, 7) is 6.51. The fraction of sp³-hybridized carbons (Fsp3) is 0.846. The Morgan fingerprint density at radius 3 is 2.47 bits per heavy atom. The Morgan fingerprint density at radius 1 is 1.27 bits per heavy atom. The van der Waals surface area contributed by atoms with Gasteiger partial charge >= 0.3 is 0 Å². The van der Waals surface area contributed by atoms with Gasteiger partial charge in [-0.1, -0.05) is 19.1 Å². The molecule has 0 heterocycles. The number of hydrogen-bond donors (Lipinski definition) is 1. The van der Waals surface area contributed by atoms with Crippen LogP contribution in [0, 0.1) is 0 Å². The maximum Gasteiger partial charge on any atom is 0.0162 e. The van der Waals surface area contributed by atoms with Gasteiger partial charge in [-0.25, -0.2) is 0 Å². The van der Waals surface area contributed by atoms with E-state index in [1.54, 1.807) is 0 Å². The van der Waals surface area contributed by atoms with Crippen molar-refractivity contribution in [1.82, 2.24) is 10.2 Å². The predicted molar refractivity (Wildman–Crippen MR) is 67.2 cm³/mol. The molecule has 0 radical (unpaired) electrons. The van der Waals surface area contributed by atoms with E-state index in [4.69, 9.17) is 0 Å². The third kappa shape index (κ3) is 4.35. The van der Waals surface area contributed by atoms with Crippen LogP contribution in [0.1, 0.15) is 39.5 Å². The van der Waals surface area contributed by atoms with Crippen LogP contribution < -0.4 is 5.32 Å². The SMILES string of the molecule is C/C=C/CN(C)C1CCC(NCC)CC1. The second-order valence-corrected chi connectivity index (χ2v) is 4.57. The summed E-state index contributed by atoms with van der Waals surface area (Å²) in [5.74, 6) is 0. The molecular formula is C13H26N2. The molecule has 1 N–H and O–H groups in total. The van der Waals surface area contributed by atoms with Crippen molar-refractivity contribution >= 4 is 0 Å². The Bertz CT molecular complexity index is 181. The van der Waals surface area contributed by atoms with Gasteiger partial charge in [0.15, 0.2) is 0 Å². The molecule has 15 heavy (non-hydrogen) atoms. The van der Waals surface area contributed by atoms with E-state index in [0.29, 0.717) is 0 Å². The zero-order valence-corrected chi connectivity index (χ0v) is 10.5. The molecule has 0 spiro atoms. The molecule has 0 atom stereocenters. The van der Waals surface area contributed by atoms with Gasteiger partial charge in [0.05, 0.1) is 0 Å². The molecule has 1 aliphatic carbocycles. The van der Waals surface area contributed by atoms with Crippen LogP contribution in [0.4, 0.5) is 0 Å². The zero-order valence-electron chi connectivity index (χ0n) is 10.5. The first-order valence-corrected chi connectivity index (χ1v) is 6.32. The average molecular weight is 210 g/mol. The van der Waals surface area contributed by atoms with E-state index in [2.05, 4.69) is 43.3 Å². The van der Waals surface area contributed by atoms with E-state index in [9.17, 15) is 0 Å². The third-order valence-electron chi connectivity index (χ3n) is 3.44. The molecule has 0 bridgehead atoms. The summed E-state index contributed by atoms with van der Waals surface area (Å²) in [5, 5.41) is 3.55. The summed E-state index contributed by atoms with van der Waals surface area (Å²) >= 11 is 0. The van der Waals surface area contributed by atoms with Crippen molar-refractivity contribution in [2.24, 2.45) is 0 Å². The molecule has 1 saturated carbocycles. The van der Waals surface area contributed by atoms with Crippen LogP contribution in [0.15, 0.2) is 12.2 Å². The Balaban J connectivity index is 2.24. The fourth-order valence-corrected chi connectivity index (χ4v) is 2.43. The van der Waals surface area contributed by atoms with E-state index in [-0.39, 0.29) is 0 Å². The molecule has 0 amide bonds. The first-order valence-electron chi connectivity index (χ1n) is 6.32. The largest absolute Gasteiger partial charge is 0.314 e. The second-order valence-electron chi connectivity index (χ2n) is 4.57. The van der Waals surface area contributed by atoms with Crippen molar-refractivity contribution in [3.63, 3.8) is 0 Å². The number of rotatable bonds is 5. The van der Waals surface area contributed by atoms with Gasteiger partial charge in [0.1, 0.15) is 0 Å². The number of likely N-dealkylation sites (N-methyl/N-ethyl adjacent to an activating group) is 1. The molecule has 0 aromatic carbocycles. The molecule has 1 rings (SSSR count). The zero-order chi connectivity index (χ0) is 11.1. The maximum atomic E-state index is 3.55. The molecule has 2 nitrogen and oxygen atoms in total. The van der Waals surface area contributed by atoms with Gasteiger partial charge < -0.3 is 5.32 Å². The Hall–Kier alpha value is -0.340. The van der Waals surface area contributed by atoms with Crippen LogP contribution in [-0.2, 0) is 0 Å². The highest BCUT2D eigenvalue weighted by Crippen LogP contribution is 2.22. The molecule has 1 aliphatic rings. The molecule has 0 aliphatic heterocycles. The van der Waals surface area contributed by atoms with Crippen LogP contribution in [0.3, 0.4) is 0 Å². The van der Waals surface area contributed by atoms with Crippen LogP contribution in [0.2, 0.25) is 0 Å². The van der Waals surface area contributed by atoms with Crippen molar-refractivity contribution < 1.29 is 0 Å². The van der Waals surface area contributed by atoms with Crippen LogP contribution in [0.25, 0.3) is 0 Å². The minimum Gasteiger partial charge on any atom is -0.314 e. The maximum absolute atomic E-state index is 3.55. The second kappa shape index (κ2) is 7.02. The van der Waals surface area contributed by atoms with Crippen molar-refractivity contribution in [1.29, 1.82) is 0 Å². The van der Waals surface area contributed by atoms with Crippen LogP contribution in [-0.4, -0.2) is 37.1 Å². The topological polar surface area (TPSA) is 15.3 Å². The van der Waals surface area contributed by atoms with Gasteiger partial charge in [0.2, 0.25) is 0 Å². The highest BCUT2D eigenvalue weighted by molar-refractivity contribution is 4.86. The molecule has 0 saturated heterocycles. The average Bonchev–Trinajstić information content (AvgIpc) is 2.27. The summed E-state index contributed by atoms with van der Waals surface area (Å²) in [4.78, 5) is 2.49. The van der Waals surface area contributed by atoms with Gasteiger partial charge in [-0.05, 0) is 46.2 Å². The number of allylic oxidation sites excluding steroid dienone is 1. The summed E-state index contributed by atoms with van der Waals surface area (Å²) in [6, 6.07) is 1.58. The molecule has 0 aromatic heterocycles. The monoisotopic (exact) mass is 210 g/mol. The Labute approximate surface area is 94.7 Å². The predicted octanol–water partition coefficient (Wildman–Crippen LogP) is 2.42. The van der Waals surface area contributed by atoms with E-state index < -0.39 is 0 Å². The van der Waals surface area contributed by atoms with Gasteiger partial charge in [0, 0.05) is 18.6 Å². The van der Waals surface area contributed by atoms with Gasteiger partial charge in [-0.15, -0.1) is 0 Å². The molecule has 1 fully saturated rings. The molecule has 0 aromatic rings. The normalized spacial score (nSPS) is 27.7. The standard InChI is InChI=1S/C13H26N2/c1-4-6-11-15(3)13-9-7-12(8-10-13)14-5-2/h4,6,12-14H,5,7-11H2,1-3H3/b6-4+. The minimum atomic E-state index is 0.779. The summed E-state index contributed by atoms with van der Waals surface area (Å²) < 4.78 is 0. The smallest absolute Gasteiger partial charge is 0.0162 e. The fourth-order valence-electron chi connectivity index (χ4n) is 2.43. The Morgan fingerprint density at radius 2 is 1.93 bits per heavy atom. The lowest BCUT2D eigenvalue weighted by molar-refractivity contribution is 0.189. The quantitative estimate of drug-likeness (QED) is 0.701. The van der Waals surface area contributed by atoms with Gasteiger partial charge in [-0.3, -0.25) is 4.90 Å². The van der Waals surface area contributed by atoms with E-state index in [0.717, 1.165) is 25.2 Å². The van der Waals surface area contributed by atoms with E-state index in [1.807, 2.05) is 0 Å². The first-order chi connectivity index (χ1) is 7.27. The van der Waals surface area contributed by atoms with Crippen molar-refractivity contribution in [3.8, 4) is 0 Å². The number of nitrogens with one attached hydrogen (secondary N) is 1. The van der Waals surface area contributed by atoms with Crippen LogP contribution >= 0.6 is 0 Å². The highest BCUT2D eigenvalue weighted by atomic mass is 15.1. The van der Waals surface area contributed by atoms with Crippen molar-refractivity contribution in [2.45, 2.75) is 51.6 Å². The van der Waals surface area contributed by atoms with E-state index >= 15 is 0 Å². The van der Waals surface area contributed by atoms with Crippen LogP contribution in [0.5, 0.6) is 0 Å². The lowest BCUT2D eigenvalue weighted by Crippen LogP contribution is -2.40. The van der Waals surface area contributed by atoms with Crippen molar-refractivity contribution in [3.05, 3.63) is 12.2 Å². The number of hydrogen-bond acceptors (Lipinski definition) is 2. The lowest BCUT2D eigenvalue weighted by Gasteiger charge is -2.34. The highest BCUT2D eigenvalue weighted by Gasteiger charge is 2.22. The molecule has 2 heteroatoms. The molecular weight excluding hydrogens is 184 g/mol. The molecule has 88 valence electrons. The third-order valence-corrected chi connectivity index (χ3v) is 3.44. The lowest BCUT2D eigenvalue weighted by atomic mass is 9.90. The van der Waals surface area contributed by atoms with Crippen molar-refractivity contribution in [2.75, 3.05) is 20.1 Å². The minimum absolute atomic E-state index is 0.779. The summed E-state index contributed by atoms with van der Waals surface area (Å²) in [7, 11) is 2.25. The Kier molecular flexibility index (Phi) is 5.96. The molecule has 0 unspecified atom stereocenters. The first kappa shape index (κ1) is 12.7. The van der Waals surface area contributed by atoms with Gasteiger partial charge in [0.25, 0.3) is 0 Å². The summed E-state index contributed by atoms with van der Waals surface area (Å²) in [5.41, 5.74) is 0. The van der Waals surface area contributed by atoms with Gasteiger partial charge in [-0.2, -0.15) is 0 Å². The van der Waals surface area contributed by atoms with E-state index in [1.165, 1.54) is 25.7 Å².